The summed E-state index contributed by atoms with van der Waals surface area (Å²) in [6.45, 7) is 1.03. The fraction of sp³-hybridized carbons (Fsp3) is 0.0741. The molecule has 1 unspecified atom stereocenters. The molecule has 0 fully saturated rings. The van der Waals surface area contributed by atoms with E-state index >= 15 is 0 Å². The molecule has 2 heterocycles. The smallest absolute Gasteiger partial charge is 0.373 e. The Hall–Kier alpha value is -4.15. The molecule has 8 nitrogen and oxygen atoms in total. The fourth-order valence-electron chi connectivity index (χ4n) is 4.17. The van der Waals surface area contributed by atoms with E-state index in [0.29, 0.717) is 17.1 Å². The first kappa shape index (κ1) is 24.5. The van der Waals surface area contributed by atoms with Crippen LogP contribution in [0.1, 0.15) is 16.8 Å². The minimum atomic E-state index is -3.97. The lowest BCUT2D eigenvalue weighted by molar-refractivity contribution is 0.388. The standard InChI is InChI=1S/C27H20ClN4O4P/c1-37(34,35)36-24-14-18(15-29)7-12-21(24)22-16-30-26-25(19-8-10-20(28)11-9-19)23(31-32(26)27(22)33)13-17-5-3-2-4-6-17/h2-12,14,16,31H,13H2,1H3,(H,34,35). The zero-order valence-corrected chi connectivity index (χ0v) is 21.2. The number of nitrogens with one attached hydrogen (secondary N) is 1. The Morgan fingerprint density at radius 1 is 1.11 bits per heavy atom. The molecule has 2 aromatic heterocycles. The first-order valence-electron chi connectivity index (χ1n) is 11.2. The summed E-state index contributed by atoms with van der Waals surface area (Å²) in [5.74, 6) is -0.0553. The molecule has 1 atom stereocenters. The number of halogens is 1. The third-order valence-electron chi connectivity index (χ3n) is 5.76. The zero-order chi connectivity index (χ0) is 26.2. The fourth-order valence-corrected chi connectivity index (χ4v) is 4.81. The van der Waals surface area contributed by atoms with Crippen LogP contribution in [-0.2, 0) is 11.0 Å². The van der Waals surface area contributed by atoms with Crippen molar-refractivity contribution in [2.75, 3.05) is 6.66 Å². The van der Waals surface area contributed by atoms with E-state index in [9.17, 15) is 19.5 Å². The number of aromatic nitrogens is 3. The van der Waals surface area contributed by atoms with Crippen molar-refractivity contribution in [3.63, 3.8) is 0 Å². The minimum absolute atomic E-state index is 0.0553. The molecule has 2 N–H and O–H groups in total. The Morgan fingerprint density at radius 2 is 1.84 bits per heavy atom. The van der Waals surface area contributed by atoms with E-state index in [1.807, 2.05) is 48.5 Å². The maximum Gasteiger partial charge on any atom is 0.373 e. The molecule has 0 aliphatic heterocycles. The predicted octanol–water partition coefficient (Wildman–Crippen LogP) is 5.67. The van der Waals surface area contributed by atoms with Crippen LogP contribution in [0.5, 0.6) is 5.75 Å². The van der Waals surface area contributed by atoms with Gasteiger partial charge in [-0.1, -0.05) is 54.1 Å². The second-order valence-electron chi connectivity index (χ2n) is 8.49. The highest BCUT2D eigenvalue weighted by Gasteiger charge is 2.22. The highest BCUT2D eigenvalue weighted by atomic mass is 35.5. The quantitative estimate of drug-likeness (QED) is 0.273. The number of aromatic amines is 1. The van der Waals surface area contributed by atoms with Crippen LogP contribution in [0.4, 0.5) is 0 Å². The Balaban J connectivity index is 1.73. The first-order chi connectivity index (χ1) is 17.7. The molecule has 0 aliphatic carbocycles. The minimum Gasteiger partial charge on any atom is -0.424 e. The summed E-state index contributed by atoms with van der Waals surface area (Å²) in [7, 11) is -3.97. The molecule has 0 saturated carbocycles. The summed E-state index contributed by atoms with van der Waals surface area (Å²) in [6.07, 6.45) is 1.93. The van der Waals surface area contributed by atoms with E-state index in [1.165, 1.54) is 28.9 Å². The molecular weight excluding hydrogens is 511 g/mol. The summed E-state index contributed by atoms with van der Waals surface area (Å²) in [5, 5.41) is 13.1. The monoisotopic (exact) mass is 530 g/mol. The van der Waals surface area contributed by atoms with E-state index in [-0.39, 0.29) is 22.4 Å². The van der Waals surface area contributed by atoms with E-state index in [0.717, 1.165) is 29.0 Å². The number of hydrogen-bond acceptors (Lipinski definition) is 5. The Morgan fingerprint density at radius 3 is 2.51 bits per heavy atom. The van der Waals surface area contributed by atoms with Crippen LogP contribution in [-0.4, -0.2) is 26.2 Å². The van der Waals surface area contributed by atoms with Crippen molar-refractivity contribution < 1.29 is 14.0 Å². The maximum atomic E-state index is 13.7. The number of benzene rings is 3. The van der Waals surface area contributed by atoms with E-state index < -0.39 is 13.2 Å². The second kappa shape index (κ2) is 9.72. The Bertz CT molecular complexity index is 1770. The molecule has 0 amide bonds. The van der Waals surface area contributed by atoms with Crippen molar-refractivity contribution in [3.05, 3.63) is 111 Å². The molecule has 3 aromatic carbocycles. The summed E-state index contributed by atoms with van der Waals surface area (Å²) >= 11 is 6.11. The van der Waals surface area contributed by atoms with Gasteiger partial charge in [-0.25, -0.2) is 14.1 Å². The van der Waals surface area contributed by atoms with Gasteiger partial charge in [0.1, 0.15) is 5.75 Å². The summed E-state index contributed by atoms with van der Waals surface area (Å²) in [6, 6.07) is 23.4. The third-order valence-corrected chi connectivity index (χ3v) is 6.55. The van der Waals surface area contributed by atoms with Gasteiger partial charge in [-0.15, -0.1) is 0 Å². The summed E-state index contributed by atoms with van der Waals surface area (Å²) in [4.78, 5) is 28.1. The first-order valence-corrected chi connectivity index (χ1v) is 13.6. The average Bonchev–Trinajstić information content (AvgIpc) is 3.23. The normalized spacial score (nSPS) is 12.7. The SMILES string of the molecule is CP(=O)(O)Oc1cc(C#N)ccc1-c1cnc2c(-c3ccc(Cl)cc3)c(Cc3ccccc3)[nH]n2c1=O. The van der Waals surface area contributed by atoms with Crippen molar-refractivity contribution in [3.8, 4) is 34.1 Å². The van der Waals surface area contributed by atoms with Crippen molar-refractivity contribution >= 4 is 24.8 Å². The zero-order valence-electron chi connectivity index (χ0n) is 19.6. The molecular formula is C27H20ClN4O4P. The second-order valence-corrected chi connectivity index (χ2v) is 10.7. The lowest BCUT2D eigenvalue weighted by Crippen LogP contribution is -2.17. The van der Waals surface area contributed by atoms with Gasteiger partial charge in [0.25, 0.3) is 5.56 Å². The topological polar surface area (TPSA) is 120 Å². The van der Waals surface area contributed by atoms with E-state index in [1.54, 1.807) is 12.1 Å². The van der Waals surface area contributed by atoms with Crippen LogP contribution < -0.4 is 10.1 Å². The number of H-pyrrole nitrogens is 1. The molecule has 0 bridgehead atoms. The molecule has 0 spiro atoms. The van der Waals surface area contributed by atoms with E-state index in [4.69, 9.17) is 16.1 Å². The summed E-state index contributed by atoms with van der Waals surface area (Å²) < 4.78 is 18.6. The number of fused-ring (bicyclic) bond motifs is 1. The third kappa shape index (κ3) is 5.07. The number of rotatable bonds is 6. The van der Waals surface area contributed by atoms with Crippen LogP contribution >= 0.6 is 19.2 Å². The van der Waals surface area contributed by atoms with Gasteiger partial charge >= 0.3 is 7.60 Å². The molecule has 184 valence electrons. The van der Waals surface area contributed by atoms with Gasteiger partial charge in [-0.05, 0) is 41.5 Å². The summed E-state index contributed by atoms with van der Waals surface area (Å²) in [5.41, 5.74) is 4.00. The predicted molar refractivity (Wildman–Crippen MR) is 142 cm³/mol. The van der Waals surface area contributed by atoms with Gasteiger partial charge < -0.3 is 9.42 Å². The van der Waals surface area contributed by atoms with E-state index in [2.05, 4.69) is 10.1 Å². The van der Waals surface area contributed by atoms with Crippen molar-refractivity contribution in [1.29, 1.82) is 5.26 Å². The highest BCUT2D eigenvalue weighted by Crippen LogP contribution is 2.42. The Labute approximate surface area is 216 Å². The molecule has 5 aromatic rings. The number of nitrogens with zero attached hydrogens (tertiary/aromatic N) is 3. The van der Waals surface area contributed by atoms with Gasteiger partial charge in [0.2, 0.25) is 0 Å². The van der Waals surface area contributed by atoms with Crippen LogP contribution in [0.2, 0.25) is 5.02 Å². The van der Waals surface area contributed by atoms with Crippen molar-refractivity contribution in [2.45, 2.75) is 6.42 Å². The molecule has 37 heavy (non-hydrogen) atoms. The van der Waals surface area contributed by atoms with Gasteiger partial charge in [-0.2, -0.15) is 5.26 Å². The van der Waals surface area contributed by atoms with Crippen LogP contribution in [0.25, 0.3) is 27.9 Å². The lowest BCUT2D eigenvalue weighted by atomic mass is 10.0. The van der Waals surface area contributed by atoms with Gasteiger partial charge in [0, 0.05) is 41.1 Å². The molecule has 10 heteroatoms. The van der Waals surface area contributed by atoms with Crippen LogP contribution in [0, 0.1) is 11.3 Å². The average molecular weight is 531 g/mol. The molecule has 5 rings (SSSR count). The highest BCUT2D eigenvalue weighted by molar-refractivity contribution is 7.52. The number of hydrogen-bond donors (Lipinski definition) is 2. The van der Waals surface area contributed by atoms with Gasteiger partial charge in [0.15, 0.2) is 5.65 Å². The van der Waals surface area contributed by atoms with Crippen LogP contribution in [0.15, 0.2) is 83.8 Å². The van der Waals surface area contributed by atoms with Crippen LogP contribution in [0.3, 0.4) is 0 Å². The van der Waals surface area contributed by atoms with Gasteiger partial charge in [0.05, 0.1) is 17.2 Å². The lowest BCUT2D eigenvalue weighted by Gasteiger charge is -2.13. The number of nitriles is 1. The largest absolute Gasteiger partial charge is 0.424 e. The molecule has 0 saturated heterocycles. The maximum absolute atomic E-state index is 13.7. The van der Waals surface area contributed by atoms with Gasteiger partial charge in [-0.3, -0.25) is 9.89 Å². The molecule has 0 radical (unpaired) electrons. The van der Waals surface area contributed by atoms with Crippen molar-refractivity contribution in [1.82, 2.24) is 14.6 Å². The van der Waals surface area contributed by atoms with Crippen molar-refractivity contribution in [2.24, 2.45) is 0 Å². The molecule has 0 aliphatic rings. The Kier molecular flexibility index (Phi) is 6.45.